The number of carbonyl (C=O) groups is 1. The Balaban J connectivity index is 1.17. The summed E-state index contributed by atoms with van der Waals surface area (Å²) in [6.45, 7) is 6.28. The monoisotopic (exact) mass is 518 g/mol. The molecule has 200 valence electrons. The number of nitrogens with zero attached hydrogens (tertiary/aromatic N) is 3. The minimum atomic E-state index is -0.191. The molecule has 1 aromatic carbocycles. The molecule has 2 fully saturated rings. The highest BCUT2D eigenvalue weighted by molar-refractivity contribution is 5.70. The minimum Gasteiger partial charge on any atom is -0.466 e. The summed E-state index contributed by atoms with van der Waals surface area (Å²) in [5.74, 6) is 7.98. The van der Waals surface area contributed by atoms with Gasteiger partial charge in [-0.05, 0) is 57.4 Å². The van der Waals surface area contributed by atoms with Gasteiger partial charge in [0.1, 0.15) is 17.6 Å². The Morgan fingerprint density at radius 1 is 1.29 bits per heavy atom. The normalized spacial score (nSPS) is 21.7. The Labute approximate surface area is 222 Å². The molecule has 9 nitrogen and oxygen atoms in total. The highest BCUT2D eigenvalue weighted by Gasteiger charge is 2.31. The molecule has 0 spiro atoms. The maximum absolute atomic E-state index is 11.7. The molecular formula is C29H34N4O5. The molecule has 0 amide bonds. The summed E-state index contributed by atoms with van der Waals surface area (Å²) >= 11 is 0. The van der Waals surface area contributed by atoms with Crippen LogP contribution in [0.2, 0.25) is 0 Å². The third-order valence-electron chi connectivity index (χ3n) is 6.84. The lowest BCUT2D eigenvalue weighted by Crippen LogP contribution is -2.52. The van der Waals surface area contributed by atoms with Crippen LogP contribution in [0.15, 0.2) is 47.2 Å². The first kappa shape index (κ1) is 26.2. The van der Waals surface area contributed by atoms with E-state index in [9.17, 15) is 4.79 Å². The van der Waals surface area contributed by atoms with Crippen LogP contribution < -0.4 is 5.32 Å². The standard InChI is InChI=1S/C29H34N4O5/c1-3-35-27(34)16-23-18-31-25(23)12-9-21-7-10-22(11-8-21)26-17-24(32-38-26)19-33-14-13-30-29(33)20(2)37-28-6-4-5-15-36-28/h7-8,10-11,13-14,17,20,23,25,28,31H,3-6,15-16,18-19H2,1-2H3/t20-,23?,25?,28?/m0/s1. The highest BCUT2D eigenvalue weighted by Crippen LogP contribution is 2.25. The predicted octanol–water partition coefficient (Wildman–Crippen LogP) is 4.08. The SMILES string of the molecule is CCOC(=O)CC1CNC1C#Cc1ccc(-c2cc(Cn3ccnc3[C@H](C)OC3CCCCO3)no2)cc1. The second-order valence-electron chi connectivity index (χ2n) is 9.67. The Hall–Kier alpha value is -3.45. The topological polar surface area (TPSA) is 101 Å². The zero-order valence-corrected chi connectivity index (χ0v) is 21.9. The van der Waals surface area contributed by atoms with Crippen molar-refractivity contribution in [2.75, 3.05) is 19.8 Å². The molecule has 0 radical (unpaired) electrons. The summed E-state index contributed by atoms with van der Waals surface area (Å²) < 4.78 is 24.5. The van der Waals surface area contributed by atoms with E-state index >= 15 is 0 Å². The number of imidazole rings is 1. The van der Waals surface area contributed by atoms with Crippen molar-refractivity contribution in [3.63, 3.8) is 0 Å². The fourth-order valence-corrected chi connectivity index (χ4v) is 4.69. The Morgan fingerprint density at radius 3 is 2.89 bits per heavy atom. The van der Waals surface area contributed by atoms with Crippen molar-refractivity contribution in [1.29, 1.82) is 0 Å². The van der Waals surface area contributed by atoms with Gasteiger partial charge >= 0.3 is 5.97 Å². The van der Waals surface area contributed by atoms with Crippen LogP contribution in [0, 0.1) is 17.8 Å². The van der Waals surface area contributed by atoms with Crippen LogP contribution in [0.3, 0.4) is 0 Å². The molecule has 2 saturated heterocycles. The number of hydrogen-bond acceptors (Lipinski definition) is 8. The summed E-state index contributed by atoms with van der Waals surface area (Å²) in [7, 11) is 0. The van der Waals surface area contributed by atoms with Gasteiger partial charge in [-0.25, -0.2) is 4.98 Å². The number of hydrogen-bond donors (Lipinski definition) is 1. The van der Waals surface area contributed by atoms with Gasteiger partial charge in [-0.3, -0.25) is 4.79 Å². The molecule has 1 N–H and O–H groups in total. The van der Waals surface area contributed by atoms with Crippen molar-refractivity contribution in [3.8, 4) is 23.2 Å². The molecule has 2 aliphatic rings. The lowest BCUT2D eigenvalue weighted by atomic mass is 9.89. The fraction of sp³-hybridized carbons (Fsp3) is 0.483. The van der Waals surface area contributed by atoms with Crippen LogP contribution in [0.4, 0.5) is 0 Å². The van der Waals surface area contributed by atoms with E-state index in [1.54, 1.807) is 6.20 Å². The van der Waals surface area contributed by atoms with Crippen LogP contribution in [-0.4, -0.2) is 52.8 Å². The molecule has 38 heavy (non-hydrogen) atoms. The average Bonchev–Trinajstić information content (AvgIpc) is 3.58. The van der Waals surface area contributed by atoms with E-state index in [1.807, 2.05) is 54.9 Å². The van der Waals surface area contributed by atoms with Crippen LogP contribution >= 0.6 is 0 Å². The van der Waals surface area contributed by atoms with Gasteiger partial charge in [0.15, 0.2) is 12.1 Å². The number of rotatable bonds is 9. The van der Waals surface area contributed by atoms with Crippen molar-refractivity contribution in [2.45, 2.75) is 64.5 Å². The van der Waals surface area contributed by atoms with E-state index in [2.05, 4.69) is 27.3 Å². The van der Waals surface area contributed by atoms with Crippen molar-refractivity contribution in [3.05, 3.63) is 59.8 Å². The number of carbonyl (C=O) groups excluding carboxylic acids is 1. The maximum Gasteiger partial charge on any atom is 0.306 e. The van der Waals surface area contributed by atoms with Gasteiger partial charge in [0.2, 0.25) is 0 Å². The number of benzene rings is 1. The largest absolute Gasteiger partial charge is 0.466 e. The molecular weight excluding hydrogens is 484 g/mol. The molecule has 4 atom stereocenters. The third-order valence-corrected chi connectivity index (χ3v) is 6.84. The Kier molecular flexibility index (Phi) is 8.54. The highest BCUT2D eigenvalue weighted by atomic mass is 16.7. The van der Waals surface area contributed by atoms with Crippen LogP contribution in [0.25, 0.3) is 11.3 Å². The first-order valence-electron chi connectivity index (χ1n) is 13.3. The summed E-state index contributed by atoms with van der Waals surface area (Å²) in [4.78, 5) is 16.2. The van der Waals surface area contributed by atoms with E-state index in [-0.39, 0.29) is 30.3 Å². The molecule has 5 rings (SSSR count). The lowest BCUT2D eigenvalue weighted by Gasteiger charge is -2.33. The molecule has 0 aliphatic carbocycles. The second kappa shape index (κ2) is 12.4. The summed E-state index contributed by atoms with van der Waals surface area (Å²) in [5, 5.41) is 7.54. The van der Waals surface area contributed by atoms with Crippen molar-refractivity contribution in [1.82, 2.24) is 20.0 Å². The van der Waals surface area contributed by atoms with Crippen molar-refractivity contribution in [2.24, 2.45) is 5.92 Å². The Morgan fingerprint density at radius 2 is 2.16 bits per heavy atom. The predicted molar refractivity (Wildman–Crippen MR) is 140 cm³/mol. The molecule has 4 heterocycles. The number of esters is 1. The minimum absolute atomic E-state index is 0.00675. The maximum atomic E-state index is 11.7. The van der Waals surface area contributed by atoms with E-state index in [0.717, 1.165) is 55.1 Å². The third kappa shape index (κ3) is 6.51. The molecule has 3 unspecified atom stereocenters. The van der Waals surface area contributed by atoms with Crippen molar-refractivity contribution < 1.29 is 23.5 Å². The van der Waals surface area contributed by atoms with Gasteiger partial charge in [0.25, 0.3) is 0 Å². The van der Waals surface area contributed by atoms with Gasteiger partial charge in [-0.1, -0.05) is 17.0 Å². The summed E-state index contributed by atoms with van der Waals surface area (Å²) in [5.41, 5.74) is 2.62. The van der Waals surface area contributed by atoms with Gasteiger partial charge in [0, 0.05) is 48.7 Å². The quantitative estimate of drug-likeness (QED) is 0.334. The summed E-state index contributed by atoms with van der Waals surface area (Å²) in [6, 6.07) is 9.82. The van der Waals surface area contributed by atoms with Crippen LogP contribution in [0.1, 0.15) is 62.7 Å². The zero-order chi connectivity index (χ0) is 26.3. The van der Waals surface area contributed by atoms with E-state index in [1.165, 1.54) is 0 Å². The number of nitrogens with one attached hydrogen (secondary N) is 1. The lowest BCUT2D eigenvalue weighted by molar-refractivity contribution is -0.188. The first-order valence-corrected chi connectivity index (χ1v) is 13.3. The van der Waals surface area contributed by atoms with E-state index < -0.39 is 0 Å². The van der Waals surface area contributed by atoms with Gasteiger partial charge in [-0.15, -0.1) is 0 Å². The second-order valence-corrected chi connectivity index (χ2v) is 9.67. The Bertz CT molecular complexity index is 1270. The molecule has 0 bridgehead atoms. The van der Waals surface area contributed by atoms with Crippen LogP contribution in [0.5, 0.6) is 0 Å². The van der Waals surface area contributed by atoms with E-state index in [0.29, 0.717) is 25.3 Å². The van der Waals surface area contributed by atoms with Crippen molar-refractivity contribution >= 4 is 5.97 Å². The summed E-state index contributed by atoms with van der Waals surface area (Å²) in [6.07, 6.45) is 6.85. The molecule has 9 heteroatoms. The molecule has 2 aliphatic heterocycles. The average molecular weight is 519 g/mol. The number of ether oxygens (including phenoxy) is 3. The number of aromatic nitrogens is 3. The molecule has 3 aromatic rings. The van der Waals surface area contributed by atoms with Gasteiger partial charge < -0.3 is 28.6 Å². The first-order chi connectivity index (χ1) is 18.6. The fourth-order valence-electron chi connectivity index (χ4n) is 4.69. The zero-order valence-electron chi connectivity index (χ0n) is 21.9. The molecule has 0 saturated carbocycles. The smallest absolute Gasteiger partial charge is 0.306 e. The van der Waals surface area contributed by atoms with Crippen LogP contribution in [-0.2, 0) is 25.5 Å². The molecule has 2 aromatic heterocycles. The van der Waals surface area contributed by atoms with Gasteiger partial charge in [0.05, 0.1) is 25.6 Å². The van der Waals surface area contributed by atoms with E-state index in [4.69, 9.17) is 18.7 Å². The van der Waals surface area contributed by atoms with Gasteiger partial charge in [-0.2, -0.15) is 0 Å².